The van der Waals surface area contributed by atoms with Crippen LogP contribution in [-0.4, -0.2) is 72.4 Å². The number of amides is 1. The molecule has 1 aliphatic carbocycles. The van der Waals surface area contributed by atoms with Crippen molar-refractivity contribution in [2.75, 3.05) is 26.2 Å². The Kier molecular flexibility index (Phi) is 5.97. The first-order chi connectivity index (χ1) is 13.9. The molecule has 1 amide bonds. The average Bonchev–Trinajstić information content (AvgIpc) is 3.44. The van der Waals surface area contributed by atoms with Crippen molar-refractivity contribution in [2.24, 2.45) is 0 Å². The Morgan fingerprint density at radius 1 is 1.34 bits per heavy atom. The molecule has 2 saturated heterocycles. The van der Waals surface area contributed by atoms with Crippen molar-refractivity contribution in [1.29, 1.82) is 0 Å². The van der Waals surface area contributed by atoms with Crippen molar-refractivity contribution in [2.45, 2.75) is 70.0 Å². The number of carbonyl (C=O) groups excluding carboxylic acids is 1. The average molecular weight is 426 g/mol. The Balaban J connectivity index is 1.34. The standard InChI is InChI=1S/C19H31N5O4S/c1-3-15-12-23(9-7-20-15)29(26,27)24-8-6-16(10-13(24)2)21-19(25)17-11-18(28-22-17)14-4-5-14/h11,13-16,20H,3-10,12H2,1-2H3,(H,21,25)/t13-,15+,16-/m0/s1. The zero-order chi connectivity index (χ0) is 20.6. The van der Waals surface area contributed by atoms with E-state index in [1.165, 1.54) is 0 Å². The number of carbonyl (C=O) groups is 1. The summed E-state index contributed by atoms with van der Waals surface area (Å²) in [4.78, 5) is 12.5. The fourth-order valence-corrected chi connectivity index (χ4v) is 6.13. The molecule has 1 aromatic rings. The number of piperidine rings is 1. The molecule has 4 rings (SSSR count). The number of aromatic nitrogens is 1. The largest absolute Gasteiger partial charge is 0.360 e. The summed E-state index contributed by atoms with van der Waals surface area (Å²) < 4.78 is 34.7. The molecule has 29 heavy (non-hydrogen) atoms. The van der Waals surface area contributed by atoms with E-state index >= 15 is 0 Å². The molecule has 1 saturated carbocycles. The van der Waals surface area contributed by atoms with Crippen molar-refractivity contribution in [3.63, 3.8) is 0 Å². The fourth-order valence-electron chi connectivity index (χ4n) is 4.27. The number of nitrogens with one attached hydrogen (secondary N) is 2. The van der Waals surface area contributed by atoms with Gasteiger partial charge in [-0.3, -0.25) is 4.79 Å². The topological polar surface area (TPSA) is 108 Å². The Morgan fingerprint density at radius 3 is 2.83 bits per heavy atom. The van der Waals surface area contributed by atoms with Gasteiger partial charge in [0, 0.05) is 56.3 Å². The summed E-state index contributed by atoms with van der Waals surface area (Å²) >= 11 is 0. The summed E-state index contributed by atoms with van der Waals surface area (Å²) in [7, 11) is -3.49. The van der Waals surface area contributed by atoms with E-state index in [0.717, 1.165) is 25.0 Å². The van der Waals surface area contributed by atoms with E-state index in [1.807, 2.05) is 6.92 Å². The normalized spacial score (nSPS) is 29.7. The lowest BCUT2D eigenvalue weighted by Crippen LogP contribution is -2.59. The maximum atomic E-state index is 13.1. The summed E-state index contributed by atoms with van der Waals surface area (Å²) in [5.41, 5.74) is 0.307. The van der Waals surface area contributed by atoms with Crippen LogP contribution >= 0.6 is 0 Å². The van der Waals surface area contributed by atoms with Gasteiger partial charge in [0.25, 0.3) is 16.1 Å². The van der Waals surface area contributed by atoms with Crippen LogP contribution in [0, 0.1) is 0 Å². The first-order valence-corrected chi connectivity index (χ1v) is 12.1. The van der Waals surface area contributed by atoms with Gasteiger partial charge in [0.2, 0.25) is 0 Å². The van der Waals surface area contributed by atoms with Crippen LogP contribution in [0.15, 0.2) is 10.6 Å². The fraction of sp³-hybridized carbons (Fsp3) is 0.789. The summed E-state index contributed by atoms with van der Waals surface area (Å²) in [5.74, 6) is 0.947. The number of hydrogen-bond donors (Lipinski definition) is 2. The second-order valence-corrected chi connectivity index (χ2v) is 10.3. The maximum Gasteiger partial charge on any atom is 0.282 e. The Hall–Kier alpha value is -1.49. The Morgan fingerprint density at radius 2 is 2.14 bits per heavy atom. The van der Waals surface area contributed by atoms with Crippen molar-refractivity contribution >= 4 is 16.1 Å². The highest BCUT2D eigenvalue weighted by molar-refractivity contribution is 7.86. The molecular weight excluding hydrogens is 394 g/mol. The molecule has 1 aromatic heterocycles. The van der Waals surface area contributed by atoms with E-state index in [-0.39, 0.29) is 24.0 Å². The van der Waals surface area contributed by atoms with Crippen LogP contribution in [-0.2, 0) is 10.2 Å². The Bertz CT molecular complexity index is 837. The van der Waals surface area contributed by atoms with Crippen LogP contribution < -0.4 is 10.6 Å². The predicted octanol–water partition coefficient (Wildman–Crippen LogP) is 1.06. The second-order valence-electron chi connectivity index (χ2n) is 8.47. The number of hydrogen-bond acceptors (Lipinski definition) is 6. The van der Waals surface area contributed by atoms with Crippen LogP contribution in [0.1, 0.15) is 68.1 Å². The second kappa shape index (κ2) is 8.33. The third-order valence-electron chi connectivity index (χ3n) is 6.22. The minimum absolute atomic E-state index is 0.0727. The monoisotopic (exact) mass is 425 g/mol. The summed E-state index contributed by atoms with van der Waals surface area (Å²) in [6, 6.07) is 1.68. The smallest absolute Gasteiger partial charge is 0.282 e. The van der Waals surface area contributed by atoms with Crippen LogP contribution in [0.25, 0.3) is 0 Å². The van der Waals surface area contributed by atoms with Gasteiger partial charge >= 0.3 is 0 Å². The van der Waals surface area contributed by atoms with Crippen molar-refractivity contribution in [1.82, 2.24) is 24.4 Å². The molecule has 0 bridgehead atoms. The first kappa shape index (κ1) is 20.8. The van der Waals surface area contributed by atoms with Gasteiger partial charge in [-0.15, -0.1) is 0 Å². The van der Waals surface area contributed by atoms with Gasteiger partial charge in [0.05, 0.1) is 0 Å². The van der Waals surface area contributed by atoms with Gasteiger partial charge in [0.1, 0.15) is 5.76 Å². The lowest BCUT2D eigenvalue weighted by atomic mass is 10.0. The summed E-state index contributed by atoms with van der Waals surface area (Å²) in [6.07, 6.45) is 4.26. The maximum absolute atomic E-state index is 13.1. The van der Waals surface area contributed by atoms with Crippen molar-refractivity contribution in [3.8, 4) is 0 Å². The SMILES string of the molecule is CC[C@@H]1CN(S(=O)(=O)N2CC[C@H](NC(=O)c3cc(C4CC4)on3)C[C@@H]2C)CCN1. The van der Waals surface area contributed by atoms with Gasteiger partial charge in [-0.25, -0.2) is 0 Å². The molecule has 0 radical (unpaired) electrons. The van der Waals surface area contributed by atoms with Gasteiger partial charge in [-0.1, -0.05) is 12.1 Å². The van der Waals surface area contributed by atoms with Crippen LogP contribution in [0.3, 0.4) is 0 Å². The van der Waals surface area contributed by atoms with E-state index in [0.29, 0.717) is 50.6 Å². The van der Waals surface area contributed by atoms with Crippen LogP contribution in [0.2, 0.25) is 0 Å². The number of piperazine rings is 1. The first-order valence-electron chi connectivity index (χ1n) is 10.7. The van der Waals surface area contributed by atoms with E-state index < -0.39 is 10.2 Å². The molecule has 10 heteroatoms. The van der Waals surface area contributed by atoms with Gasteiger partial charge in [0.15, 0.2) is 5.69 Å². The zero-order valence-corrected chi connectivity index (χ0v) is 18.0. The Labute approximate surface area is 172 Å². The van der Waals surface area contributed by atoms with Gasteiger partial charge in [-0.2, -0.15) is 17.0 Å². The lowest BCUT2D eigenvalue weighted by molar-refractivity contribution is 0.0903. The molecule has 3 atom stereocenters. The van der Waals surface area contributed by atoms with Crippen molar-refractivity contribution < 1.29 is 17.7 Å². The highest BCUT2D eigenvalue weighted by Gasteiger charge is 2.39. The van der Waals surface area contributed by atoms with E-state index in [2.05, 4.69) is 22.7 Å². The third kappa shape index (κ3) is 4.50. The van der Waals surface area contributed by atoms with Gasteiger partial charge < -0.3 is 15.2 Å². The molecule has 3 heterocycles. The zero-order valence-electron chi connectivity index (χ0n) is 17.1. The molecule has 2 N–H and O–H groups in total. The molecule has 0 spiro atoms. The van der Waals surface area contributed by atoms with E-state index in [9.17, 15) is 13.2 Å². The molecule has 162 valence electrons. The van der Waals surface area contributed by atoms with Crippen LogP contribution in [0.4, 0.5) is 0 Å². The molecule has 0 unspecified atom stereocenters. The van der Waals surface area contributed by atoms with E-state index in [1.54, 1.807) is 14.7 Å². The molecular formula is C19H31N5O4S. The lowest BCUT2D eigenvalue weighted by Gasteiger charge is -2.41. The molecule has 9 nitrogen and oxygen atoms in total. The molecule has 3 fully saturated rings. The summed E-state index contributed by atoms with van der Waals surface area (Å²) in [6.45, 7) is 6.07. The quantitative estimate of drug-likeness (QED) is 0.706. The third-order valence-corrected chi connectivity index (χ3v) is 8.34. The highest BCUT2D eigenvalue weighted by Crippen LogP contribution is 2.40. The highest BCUT2D eigenvalue weighted by atomic mass is 32.2. The number of nitrogens with zero attached hydrogens (tertiary/aromatic N) is 3. The van der Waals surface area contributed by atoms with Crippen molar-refractivity contribution in [3.05, 3.63) is 17.5 Å². The predicted molar refractivity (Wildman–Crippen MR) is 108 cm³/mol. The minimum atomic E-state index is -3.49. The number of rotatable bonds is 6. The molecule has 2 aliphatic heterocycles. The minimum Gasteiger partial charge on any atom is -0.360 e. The van der Waals surface area contributed by atoms with E-state index in [4.69, 9.17) is 4.52 Å². The molecule has 0 aromatic carbocycles. The summed E-state index contributed by atoms with van der Waals surface area (Å²) in [5, 5.41) is 10.2. The van der Waals surface area contributed by atoms with Gasteiger partial charge in [-0.05, 0) is 39.0 Å². The molecule has 3 aliphatic rings. The van der Waals surface area contributed by atoms with Crippen LogP contribution in [0.5, 0.6) is 0 Å².